The van der Waals surface area contributed by atoms with Crippen molar-refractivity contribution in [3.05, 3.63) is 53.2 Å². The summed E-state index contributed by atoms with van der Waals surface area (Å²) in [6, 6.07) is 9.44. The monoisotopic (exact) mass is 385 g/mol. The molecule has 9 nitrogen and oxygen atoms in total. The van der Waals surface area contributed by atoms with Gasteiger partial charge in [0.05, 0.1) is 25.1 Å². The van der Waals surface area contributed by atoms with Crippen LogP contribution in [0.1, 0.15) is 0 Å². The van der Waals surface area contributed by atoms with Gasteiger partial charge in [0.15, 0.2) is 5.65 Å². The van der Waals surface area contributed by atoms with Gasteiger partial charge in [-0.1, -0.05) is 18.2 Å². The van der Waals surface area contributed by atoms with Gasteiger partial charge < -0.3 is 14.4 Å². The van der Waals surface area contributed by atoms with Crippen LogP contribution in [0.5, 0.6) is 0 Å². The highest BCUT2D eigenvalue weighted by molar-refractivity contribution is 5.78. The highest BCUT2D eigenvalue weighted by Crippen LogP contribution is 2.13. The highest BCUT2D eigenvalue weighted by Gasteiger charge is 2.17. The maximum Gasteiger partial charge on any atom is 0.264 e. The molecule has 0 aliphatic heterocycles. The number of fused-ring (bicyclic) bond motifs is 1. The standard InChI is InChI=1S/C19H23N5O4/c1-27-10-8-22(9-11-28-2)17(25)13-23-14-20-18-16(19(23)26)12-21-24(18)15-6-4-3-5-7-15/h3-7,12,14H,8-11,13H2,1-2H3. The molecule has 28 heavy (non-hydrogen) atoms. The molecule has 0 atom stereocenters. The van der Waals surface area contributed by atoms with Crippen molar-refractivity contribution in [1.82, 2.24) is 24.2 Å². The molecule has 1 aromatic carbocycles. The second kappa shape index (κ2) is 9.25. The molecule has 148 valence electrons. The van der Waals surface area contributed by atoms with Crippen LogP contribution in [0.4, 0.5) is 0 Å². The molecule has 0 aliphatic carbocycles. The highest BCUT2D eigenvalue weighted by atomic mass is 16.5. The number of para-hydroxylation sites is 1. The maximum absolute atomic E-state index is 12.8. The van der Waals surface area contributed by atoms with Crippen LogP contribution >= 0.6 is 0 Å². The summed E-state index contributed by atoms with van der Waals surface area (Å²) in [6.45, 7) is 1.56. The van der Waals surface area contributed by atoms with Crippen LogP contribution in [0.2, 0.25) is 0 Å². The Morgan fingerprint density at radius 1 is 1.11 bits per heavy atom. The molecule has 2 heterocycles. The molecule has 0 bridgehead atoms. The fourth-order valence-electron chi connectivity index (χ4n) is 2.83. The molecule has 0 aliphatic rings. The average molecular weight is 385 g/mol. The zero-order chi connectivity index (χ0) is 19.9. The van der Waals surface area contributed by atoms with E-state index in [9.17, 15) is 9.59 Å². The lowest BCUT2D eigenvalue weighted by molar-refractivity contribution is -0.133. The topological polar surface area (TPSA) is 91.5 Å². The lowest BCUT2D eigenvalue weighted by atomic mass is 10.3. The van der Waals surface area contributed by atoms with Gasteiger partial charge >= 0.3 is 0 Å². The third-order valence-electron chi connectivity index (χ3n) is 4.34. The van der Waals surface area contributed by atoms with Gasteiger partial charge in [-0.15, -0.1) is 0 Å². The van der Waals surface area contributed by atoms with Crippen LogP contribution in [0.25, 0.3) is 16.7 Å². The summed E-state index contributed by atoms with van der Waals surface area (Å²) in [5.74, 6) is -0.201. The minimum atomic E-state index is -0.307. The Morgan fingerprint density at radius 2 is 1.79 bits per heavy atom. The van der Waals surface area contributed by atoms with Crippen molar-refractivity contribution in [3.63, 3.8) is 0 Å². The first-order valence-electron chi connectivity index (χ1n) is 8.90. The number of amides is 1. The number of carbonyl (C=O) groups is 1. The van der Waals surface area contributed by atoms with Gasteiger partial charge in [-0.2, -0.15) is 5.10 Å². The van der Waals surface area contributed by atoms with Gasteiger partial charge in [0.1, 0.15) is 18.3 Å². The molecule has 0 fully saturated rings. The van der Waals surface area contributed by atoms with E-state index in [0.717, 1.165) is 5.69 Å². The normalized spacial score (nSPS) is 11.1. The largest absolute Gasteiger partial charge is 0.383 e. The first kappa shape index (κ1) is 19.7. The van der Waals surface area contributed by atoms with Gasteiger partial charge in [0.25, 0.3) is 5.56 Å². The molecule has 3 aromatic rings. The molecule has 1 amide bonds. The second-order valence-electron chi connectivity index (χ2n) is 6.17. The first-order chi connectivity index (χ1) is 13.7. The van der Waals surface area contributed by atoms with Crippen molar-refractivity contribution in [2.45, 2.75) is 6.54 Å². The quantitative estimate of drug-likeness (QED) is 0.539. The van der Waals surface area contributed by atoms with E-state index in [1.54, 1.807) is 23.8 Å². The van der Waals surface area contributed by atoms with Crippen molar-refractivity contribution in [1.29, 1.82) is 0 Å². The Labute approximate surface area is 162 Å². The third kappa shape index (κ3) is 4.26. The molecule has 2 aromatic heterocycles. The zero-order valence-corrected chi connectivity index (χ0v) is 15.9. The minimum absolute atomic E-state index is 0.105. The predicted molar refractivity (Wildman–Crippen MR) is 103 cm³/mol. The molecule has 0 radical (unpaired) electrons. The van der Waals surface area contributed by atoms with Crippen LogP contribution in [0.3, 0.4) is 0 Å². The fourth-order valence-corrected chi connectivity index (χ4v) is 2.83. The summed E-state index contributed by atoms with van der Waals surface area (Å²) in [6.07, 6.45) is 2.86. The van der Waals surface area contributed by atoms with E-state index < -0.39 is 0 Å². The van der Waals surface area contributed by atoms with Gasteiger partial charge in [0, 0.05) is 27.3 Å². The number of rotatable bonds is 9. The van der Waals surface area contributed by atoms with Gasteiger partial charge in [-0.05, 0) is 12.1 Å². The summed E-state index contributed by atoms with van der Waals surface area (Å²) < 4.78 is 13.0. The number of hydrogen-bond acceptors (Lipinski definition) is 6. The Hall–Kier alpha value is -3.04. The summed E-state index contributed by atoms with van der Waals surface area (Å²) in [5, 5.41) is 4.64. The van der Waals surface area contributed by atoms with E-state index in [1.807, 2.05) is 30.3 Å². The van der Waals surface area contributed by atoms with E-state index >= 15 is 0 Å². The van der Waals surface area contributed by atoms with Gasteiger partial charge in [-0.3, -0.25) is 14.2 Å². The first-order valence-corrected chi connectivity index (χ1v) is 8.90. The summed E-state index contributed by atoms with van der Waals surface area (Å²) in [4.78, 5) is 31.4. The smallest absolute Gasteiger partial charge is 0.264 e. The van der Waals surface area contributed by atoms with E-state index in [-0.39, 0.29) is 18.0 Å². The van der Waals surface area contributed by atoms with Crippen LogP contribution in [0, 0.1) is 0 Å². The molecular weight excluding hydrogens is 362 g/mol. The minimum Gasteiger partial charge on any atom is -0.383 e. The number of nitrogens with zero attached hydrogens (tertiary/aromatic N) is 5. The van der Waals surface area contributed by atoms with Crippen LogP contribution in [0.15, 0.2) is 47.7 Å². The SMILES string of the molecule is COCCN(CCOC)C(=O)Cn1cnc2c(cnn2-c2ccccc2)c1=O. The van der Waals surface area contributed by atoms with Crippen molar-refractivity contribution >= 4 is 16.9 Å². The second-order valence-corrected chi connectivity index (χ2v) is 6.17. The molecule has 3 rings (SSSR count). The molecule has 9 heteroatoms. The van der Waals surface area contributed by atoms with Crippen LogP contribution < -0.4 is 5.56 Å². The Balaban J connectivity index is 1.84. The summed E-state index contributed by atoms with van der Waals surface area (Å²) >= 11 is 0. The zero-order valence-electron chi connectivity index (χ0n) is 15.9. The third-order valence-corrected chi connectivity index (χ3v) is 4.34. The van der Waals surface area contributed by atoms with Crippen LogP contribution in [-0.2, 0) is 20.8 Å². The number of methoxy groups -OCH3 is 2. The summed E-state index contributed by atoms with van der Waals surface area (Å²) in [5.41, 5.74) is 0.956. The Kier molecular flexibility index (Phi) is 6.51. The fraction of sp³-hybridized carbons (Fsp3) is 0.368. The van der Waals surface area contributed by atoms with Gasteiger partial charge in [-0.25, -0.2) is 9.67 Å². The van der Waals surface area contributed by atoms with Crippen LogP contribution in [-0.4, -0.2) is 70.7 Å². The van der Waals surface area contributed by atoms with E-state index in [2.05, 4.69) is 10.1 Å². The molecule has 0 saturated heterocycles. The predicted octanol–water partition coefficient (Wildman–Crippen LogP) is 0.704. The number of carbonyl (C=O) groups excluding carboxylic acids is 1. The Morgan fingerprint density at radius 3 is 2.43 bits per heavy atom. The average Bonchev–Trinajstić information content (AvgIpc) is 3.15. The van der Waals surface area contributed by atoms with Crippen molar-refractivity contribution in [3.8, 4) is 5.69 Å². The lowest BCUT2D eigenvalue weighted by Gasteiger charge is -2.22. The lowest BCUT2D eigenvalue weighted by Crippen LogP contribution is -2.40. The van der Waals surface area contributed by atoms with E-state index in [1.165, 1.54) is 17.1 Å². The molecule has 0 unspecified atom stereocenters. The van der Waals surface area contributed by atoms with Crippen molar-refractivity contribution in [2.24, 2.45) is 0 Å². The maximum atomic E-state index is 12.8. The van der Waals surface area contributed by atoms with Gasteiger partial charge in [0.2, 0.25) is 5.91 Å². The number of ether oxygens (including phenoxy) is 2. The molecule has 0 N–H and O–H groups in total. The Bertz CT molecular complexity index is 975. The molecular formula is C19H23N5O4. The number of benzene rings is 1. The van der Waals surface area contributed by atoms with E-state index in [0.29, 0.717) is 37.3 Å². The number of aromatic nitrogens is 4. The molecule has 0 spiro atoms. The van der Waals surface area contributed by atoms with Crippen molar-refractivity contribution < 1.29 is 14.3 Å². The van der Waals surface area contributed by atoms with Crippen molar-refractivity contribution in [2.75, 3.05) is 40.5 Å². The molecule has 0 saturated carbocycles. The number of hydrogen-bond donors (Lipinski definition) is 0. The summed E-state index contributed by atoms with van der Waals surface area (Å²) in [7, 11) is 3.15. The van der Waals surface area contributed by atoms with E-state index in [4.69, 9.17) is 9.47 Å².